The summed E-state index contributed by atoms with van der Waals surface area (Å²) in [5, 5.41) is 3.57. The molecule has 0 bridgehead atoms. The lowest BCUT2D eigenvalue weighted by molar-refractivity contribution is 0.530. The molecule has 1 saturated carbocycles. The van der Waals surface area contributed by atoms with Crippen LogP contribution in [0.5, 0.6) is 0 Å². The third-order valence-electron chi connectivity index (χ3n) is 4.33. The predicted octanol–water partition coefficient (Wildman–Crippen LogP) is 4.59. The van der Waals surface area contributed by atoms with Gasteiger partial charge in [-0.1, -0.05) is 58.7 Å². The number of nitrogens with one attached hydrogen (secondary N) is 1. The van der Waals surface area contributed by atoms with Crippen molar-refractivity contribution in [3.8, 4) is 0 Å². The number of hydrogen-bond donors (Lipinski definition) is 1. The average Bonchev–Trinajstić information content (AvgIpc) is 2.96. The first-order valence-electron chi connectivity index (χ1n) is 8.66. The summed E-state index contributed by atoms with van der Waals surface area (Å²) in [6.07, 6.45) is 5.51. The molecular weight excluding hydrogens is 256 g/mol. The summed E-state index contributed by atoms with van der Waals surface area (Å²) in [5.41, 5.74) is 2.89. The van der Waals surface area contributed by atoms with E-state index in [0.717, 1.165) is 12.6 Å². The van der Waals surface area contributed by atoms with Crippen molar-refractivity contribution in [2.24, 2.45) is 5.92 Å². The standard InChI is InChI=1S/C19H32N2/c1-15(2)14-21(18-10-6-7-11-18)19-12-8-5-9-17(19)13-20-16(3)4/h5,8-9,12,15-16,18,20H,6-7,10-11,13-14H2,1-4H3. The Morgan fingerprint density at radius 1 is 1.10 bits per heavy atom. The molecule has 118 valence electrons. The molecule has 1 aliphatic carbocycles. The van der Waals surface area contributed by atoms with Crippen LogP contribution in [-0.2, 0) is 6.54 Å². The van der Waals surface area contributed by atoms with Gasteiger partial charge in [-0.3, -0.25) is 0 Å². The molecule has 1 aromatic carbocycles. The quantitative estimate of drug-likeness (QED) is 0.789. The summed E-state index contributed by atoms with van der Waals surface area (Å²) in [6, 6.07) is 10.2. The predicted molar refractivity (Wildman–Crippen MR) is 92.9 cm³/mol. The Labute approximate surface area is 130 Å². The molecule has 0 unspecified atom stereocenters. The molecule has 0 aliphatic heterocycles. The van der Waals surface area contributed by atoms with Gasteiger partial charge in [0, 0.05) is 30.9 Å². The number of para-hydroxylation sites is 1. The van der Waals surface area contributed by atoms with Crippen LogP contribution in [0.3, 0.4) is 0 Å². The first-order chi connectivity index (χ1) is 10.1. The normalized spacial score (nSPS) is 16.1. The summed E-state index contributed by atoms with van der Waals surface area (Å²) in [4.78, 5) is 2.69. The third-order valence-corrected chi connectivity index (χ3v) is 4.33. The van der Waals surface area contributed by atoms with Crippen LogP contribution in [0.1, 0.15) is 58.9 Å². The molecule has 0 aromatic heterocycles. The molecule has 2 nitrogen and oxygen atoms in total. The van der Waals surface area contributed by atoms with Crippen LogP contribution in [0.15, 0.2) is 24.3 Å². The van der Waals surface area contributed by atoms with Gasteiger partial charge in [0.05, 0.1) is 0 Å². The van der Waals surface area contributed by atoms with Crippen molar-refractivity contribution in [2.75, 3.05) is 11.4 Å². The van der Waals surface area contributed by atoms with Crippen LogP contribution in [0.2, 0.25) is 0 Å². The van der Waals surface area contributed by atoms with Crippen LogP contribution in [0.4, 0.5) is 5.69 Å². The largest absolute Gasteiger partial charge is 0.368 e. The Morgan fingerprint density at radius 2 is 1.76 bits per heavy atom. The number of nitrogens with zero attached hydrogens (tertiary/aromatic N) is 1. The first kappa shape index (κ1) is 16.4. The maximum atomic E-state index is 3.57. The molecule has 2 rings (SSSR count). The van der Waals surface area contributed by atoms with Crippen molar-refractivity contribution in [3.63, 3.8) is 0 Å². The van der Waals surface area contributed by atoms with Crippen molar-refractivity contribution in [1.82, 2.24) is 5.32 Å². The second-order valence-corrected chi connectivity index (χ2v) is 7.15. The minimum Gasteiger partial charge on any atom is -0.368 e. The van der Waals surface area contributed by atoms with E-state index in [1.807, 2.05) is 0 Å². The maximum Gasteiger partial charge on any atom is 0.0414 e. The van der Waals surface area contributed by atoms with E-state index in [2.05, 4.69) is 62.2 Å². The summed E-state index contributed by atoms with van der Waals surface area (Å²) in [7, 11) is 0. The van der Waals surface area contributed by atoms with Crippen molar-refractivity contribution in [2.45, 2.75) is 72.0 Å². The topological polar surface area (TPSA) is 15.3 Å². The highest BCUT2D eigenvalue weighted by Crippen LogP contribution is 2.31. The molecule has 0 saturated heterocycles. The van der Waals surface area contributed by atoms with E-state index in [0.29, 0.717) is 12.0 Å². The van der Waals surface area contributed by atoms with Gasteiger partial charge in [0.1, 0.15) is 0 Å². The highest BCUT2D eigenvalue weighted by molar-refractivity contribution is 5.54. The Morgan fingerprint density at radius 3 is 2.38 bits per heavy atom. The molecule has 1 fully saturated rings. The van der Waals surface area contributed by atoms with Gasteiger partial charge in [-0.05, 0) is 30.4 Å². The van der Waals surface area contributed by atoms with Crippen molar-refractivity contribution >= 4 is 5.69 Å². The molecule has 0 heterocycles. The Balaban J connectivity index is 2.21. The van der Waals surface area contributed by atoms with Gasteiger partial charge in [0.2, 0.25) is 0 Å². The molecule has 1 N–H and O–H groups in total. The van der Waals surface area contributed by atoms with E-state index in [4.69, 9.17) is 0 Å². The second kappa shape index (κ2) is 7.84. The molecule has 21 heavy (non-hydrogen) atoms. The lowest BCUT2D eigenvalue weighted by atomic mass is 10.1. The number of rotatable bonds is 7. The van der Waals surface area contributed by atoms with E-state index in [9.17, 15) is 0 Å². The monoisotopic (exact) mass is 288 g/mol. The van der Waals surface area contributed by atoms with E-state index < -0.39 is 0 Å². The molecule has 1 aromatic rings. The van der Waals surface area contributed by atoms with Gasteiger partial charge in [-0.15, -0.1) is 0 Å². The fourth-order valence-electron chi connectivity index (χ4n) is 3.31. The van der Waals surface area contributed by atoms with Crippen LogP contribution in [0.25, 0.3) is 0 Å². The van der Waals surface area contributed by atoms with Gasteiger partial charge < -0.3 is 10.2 Å². The van der Waals surface area contributed by atoms with Crippen molar-refractivity contribution < 1.29 is 0 Å². The highest BCUT2D eigenvalue weighted by Gasteiger charge is 2.24. The number of anilines is 1. The Hall–Kier alpha value is -1.02. The summed E-state index contributed by atoms with van der Waals surface area (Å²) in [6.45, 7) is 11.2. The minimum atomic E-state index is 0.531. The zero-order valence-corrected chi connectivity index (χ0v) is 14.2. The maximum absolute atomic E-state index is 3.57. The van der Waals surface area contributed by atoms with Crippen LogP contribution in [-0.4, -0.2) is 18.6 Å². The Kier molecular flexibility index (Phi) is 6.10. The highest BCUT2D eigenvalue weighted by atomic mass is 15.2. The van der Waals surface area contributed by atoms with Crippen LogP contribution in [0, 0.1) is 5.92 Å². The summed E-state index contributed by atoms with van der Waals surface area (Å²) < 4.78 is 0. The number of benzene rings is 1. The van der Waals surface area contributed by atoms with E-state index in [-0.39, 0.29) is 0 Å². The van der Waals surface area contributed by atoms with Crippen LogP contribution < -0.4 is 10.2 Å². The minimum absolute atomic E-state index is 0.531. The van der Waals surface area contributed by atoms with Gasteiger partial charge in [-0.2, -0.15) is 0 Å². The molecule has 0 spiro atoms. The van der Waals surface area contributed by atoms with E-state index >= 15 is 0 Å². The molecule has 0 amide bonds. The third kappa shape index (κ3) is 4.74. The fraction of sp³-hybridized carbons (Fsp3) is 0.684. The zero-order valence-electron chi connectivity index (χ0n) is 14.2. The van der Waals surface area contributed by atoms with Gasteiger partial charge in [0.25, 0.3) is 0 Å². The van der Waals surface area contributed by atoms with Crippen molar-refractivity contribution in [1.29, 1.82) is 0 Å². The lowest BCUT2D eigenvalue weighted by Crippen LogP contribution is -2.37. The fourth-order valence-corrected chi connectivity index (χ4v) is 3.31. The average molecular weight is 288 g/mol. The van der Waals surface area contributed by atoms with Gasteiger partial charge in [-0.25, -0.2) is 0 Å². The van der Waals surface area contributed by atoms with Crippen molar-refractivity contribution in [3.05, 3.63) is 29.8 Å². The zero-order chi connectivity index (χ0) is 15.2. The molecule has 0 radical (unpaired) electrons. The van der Waals surface area contributed by atoms with Gasteiger partial charge in [0.15, 0.2) is 0 Å². The SMILES string of the molecule is CC(C)CN(c1ccccc1CNC(C)C)C1CCCC1. The number of hydrogen-bond acceptors (Lipinski definition) is 2. The van der Waals surface area contributed by atoms with E-state index in [1.165, 1.54) is 43.5 Å². The molecule has 1 aliphatic rings. The van der Waals surface area contributed by atoms with Gasteiger partial charge >= 0.3 is 0 Å². The summed E-state index contributed by atoms with van der Waals surface area (Å²) in [5.74, 6) is 0.705. The molecule has 0 atom stereocenters. The summed E-state index contributed by atoms with van der Waals surface area (Å²) >= 11 is 0. The van der Waals surface area contributed by atoms with E-state index in [1.54, 1.807) is 0 Å². The second-order valence-electron chi connectivity index (χ2n) is 7.15. The van der Waals surface area contributed by atoms with Crippen LogP contribution >= 0.6 is 0 Å². The molecular formula is C19H32N2. The first-order valence-corrected chi connectivity index (χ1v) is 8.66. The smallest absolute Gasteiger partial charge is 0.0414 e. The lowest BCUT2D eigenvalue weighted by Gasteiger charge is -2.34. The molecule has 2 heteroatoms. The Bertz CT molecular complexity index is 419.